The number of hydrogen-bond acceptors (Lipinski definition) is 3. The molecule has 2 aromatic carbocycles. The maximum atomic E-state index is 13.3. The number of nitrogens with zero attached hydrogens (tertiary/aromatic N) is 2. The Hall–Kier alpha value is -3.00. The zero-order chi connectivity index (χ0) is 21.5. The lowest BCUT2D eigenvalue weighted by Gasteiger charge is -2.20. The van der Waals surface area contributed by atoms with Crippen LogP contribution in [0.4, 0.5) is 8.78 Å². The van der Waals surface area contributed by atoms with Crippen molar-refractivity contribution in [2.45, 2.75) is 18.9 Å². The molecule has 1 amide bonds. The normalized spacial score (nSPS) is 23.4. The quantitative estimate of drug-likeness (QED) is 0.659. The number of amides is 1. The van der Waals surface area contributed by atoms with Gasteiger partial charge in [0.15, 0.2) is 11.6 Å². The summed E-state index contributed by atoms with van der Waals surface area (Å²) in [5.74, 6) is -1.32. The number of benzene rings is 2. The number of halogens is 2. The van der Waals surface area contributed by atoms with Crippen molar-refractivity contribution in [1.29, 1.82) is 0 Å². The molecule has 2 N–H and O–H groups in total. The van der Waals surface area contributed by atoms with Crippen molar-refractivity contribution in [2.75, 3.05) is 26.2 Å². The average Bonchev–Trinajstić information content (AvgIpc) is 3.39. The van der Waals surface area contributed by atoms with Crippen LogP contribution in [0.25, 0.3) is 11.0 Å². The van der Waals surface area contributed by atoms with E-state index in [1.165, 1.54) is 6.07 Å². The molecule has 2 aliphatic rings. The van der Waals surface area contributed by atoms with Gasteiger partial charge in [-0.25, -0.2) is 13.6 Å². The van der Waals surface area contributed by atoms with Crippen LogP contribution in [-0.2, 0) is 0 Å². The first kappa shape index (κ1) is 19.9. The number of carbonyl (C=O) groups is 1. The molecular formula is C23H24F2N4O2. The van der Waals surface area contributed by atoms with Gasteiger partial charge < -0.3 is 15.2 Å². The van der Waals surface area contributed by atoms with Crippen LogP contribution in [0, 0.1) is 23.5 Å². The molecule has 0 spiro atoms. The number of carbonyl (C=O) groups excluding carboxylic acids is 1. The number of nitrogens with one attached hydrogen (secondary N) is 2. The summed E-state index contributed by atoms with van der Waals surface area (Å²) in [5, 5.41) is 2.78. The number of rotatable bonds is 5. The van der Waals surface area contributed by atoms with Gasteiger partial charge >= 0.3 is 5.69 Å². The van der Waals surface area contributed by atoms with E-state index in [1.807, 2.05) is 28.8 Å². The van der Waals surface area contributed by atoms with Crippen LogP contribution in [0.3, 0.4) is 0 Å². The standard InChI is InChI=1S/C23H24F2N4O2/c24-18-6-5-14(11-19(18)25)22(30)26-7-8-28-12-15-9-17(10-16(15)13-28)29-21-4-2-1-3-20(21)27-23(29)31/h1-6,11,15-17H,7-10,12-13H2,(H,26,30)(H,27,31). The molecule has 31 heavy (non-hydrogen) atoms. The molecule has 1 saturated carbocycles. The Balaban J connectivity index is 1.14. The number of H-pyrrole nitrogens is 1. The molecular weight excluding hydrogens is 402 g/mol. The highest BCUT2D eigenvalue weighted by Gasteiger charge is 2.42. The van der Waals surface area contributed by atoms with Gasteiger partial charge in [-0.05, 0) is 55.0 Å². The first-order chi connectivity index (χ1) is 15.0. The summed E-state index contributed by atoms with van der Waals surface area (Å²) in [4.78, 5) is 29.9. The summed E-state index contributed by atoms with van der Waals surface area (Å²) in [6.07, 6.45) is 1.95. The number of likely N-dealkylation sites (tertiary alicyclic amines) is 1. The lowest BCUT2D eigenvalue weighted by Crippen LogP contribution is -2.34. The molecule has 2 atom stereocenters. The lowest BCUT2D eigenvalue weighted by molar-refractivity contribution is 0.0948. The topological polar surface area (TPSA) is 70.1 Å². The van der Waals surface area contributed by atoms with Crippen LogP contribution in [0.15, 0.2) is 47.3 Å². The minimum absolute atomic E-state index is 0.0389. The predicted molar refractivity (Wildman–Crippen MR) is 113 cm³/mol. The van der Waals surface area contributed by atoms with E-state index in [1.54, 1.807) is 0 Å². The summed E-state index contributed by atoms with van der Waals surface area (Å²) < 4.78 is 28.2. The molecule has 1 aromatic heterocycles. The lowest BCUT2D eigenvalue weighted by atomic mass is 10.0. The zero-order valence-corrected chi connectivity index (χ0v) is 17.0. The van der Waals surface area contributed by atoms with Crippen molar-refractivity contribution in [2.24, 2.45) is 11.8 Å². The van der Waals surface area contributed by atoms with E-state index >= 15 is 0 Å². The number of aromatic nitrogens is 2. The van der Waals surface area contributed by atoms with Crippen LogP contribution in [-0.4, -0.2) is 46.5 Å². The molecule has 1 aliphatic carbocycles. The molecule has 5 rings (SSSR count). The van der Waals surface area contributed by atoms with Gasteiger partial charge in [-0.2, -0.15) is 0 Å². The van der Waals surface area contributed by atoms with Crippen molar-refractivity contribution in [3.63, 3.8) is 0 Å². The Morgan fingerprint density at radius 2 is 1.81 bits per heavy atom. The summed E-state index contributed by atoms with van der Waals surface area (Å²) in [6.45, 7) is 3.04. The molecule has 8 heteroatoms. The SMILES string of the molecule is O=C(NCCN1CC2CC(n3c(=O)[nH]c4ccccc43)CC2C1)c1ccc(F)c(F)c1. The highest BCUT2D eigenvalue weighted by molar-refractivity contribution is 5.94. The van der Waals surface area contributed by atoms with Crippen molar-refractivity contribution in [3.05, 3.63) is 70.1 Å². The first-order valence-corrected chi connectivity index (χ1v) is 10.6. The Kier molecular flexibility index (Phi) is 5.09. The molecule has 162 valence electrons. The number of aromatic amines is 1. The molecule has 0 bridgehead atoms. The van der Waals surface area contributed by atoms with Crippen molar-refractivity contribution in [3.8, 4) is 0 Å². The van der Waals surface area contributed by atoms with Gasteiger partial charge in [-0.15, -0.1) is 0 Å². The van der Waals surface area contributed by atoms with Crippen LogP contribution >= 0.6 is 0 Å². The van der Waals surface area contributed by atoms with E-state index in [-0.39, 0.29) is 17.3 Å². The van der Waals surface area contributed by atoms with Crippen molar-refractivity contribution < 1.29 is 13.6 Å². The monoisotopic (exact) mass is 426 g/mol. The van der Waals surface area contributed by atoms with E-state index in [9.17, 15) is 18.4 Å². The average molecular weight is 426 g/mol. The first-order valence-electron chi connectivity index (χ1n) is 10.6. The summed E-state index contributed by atoms with van der Waals surface area (Å²) in [6, 6.07) is 11.2. The number of imidazole rings is 1. The fourth-order valence-corrected chi connectivity index (χ4v) is 5.26. The van der Waals surface area contributed by atoms with E-state index in [4.69, 9.17) is 0 Å². The molecule has 3 aromatic rings. The second-order valence-corrected chi connectivity index (χ2v) is 8.61. The Morgan fingerprint density at radius 1 is 1.06 bits per heavy atom. The van der Waals surface area contributed by atoms with E-state index in [0.717, 1.165) is 49.1 Å². The van der Waals surface area contributed by atoms with Crippen LogP contribution in [0.1, 0.15) is 29.2 Å². The smallest absolute Gasteiger partial charge is 0.326 e. The Labute approximate surface area is 177 Å². The Morgan fingerprint density at radius 3 is 2.55 bits per heavy atom. The van der Waals surface area contributed by atoms with Gasteiger partial charge in [0.25, 0.3) is 5.91 Å². The minimum Gasteiger partial charge on any atom is -0.351 e. The fourth-order valence-electron chi connectivity index (χ4n) is 5.26. The second kappa shape index (κ2) is 7.92. The van der Waals surface area contributed by atoms with Crippen LogP contribution < -0.4 is 11.0 Å². The number of para-hydroxylation sites is 2. The molecule has 1 saturated heterocycles. The maximum Gasteiger partial charge on any atom is 0.326 e. The third kappa shape index (κ3) is 3.76. The van der Waals surface area contributed by atoms with E-state index in [0.29, 0.717) is 24.9 Å². The van der Waals surface area contributed by atoms with Gasteiger partial charge in [0.2, 0.25) is 0 Å². The van der Waals surface area contributed by atoms with Crippen LogP contribution in [0.2, 0.25) is 0 Å². The van der Waals surface area contributed by atoms with Crippen LogP contribution in [0.5, 0.6) is 0 Å². The largest absolute Gasteiger partial charge is 0.351 e. The zero-order valence-electron chi connectivity index (χ0n) is 17.0. The predicted octanol–water partition coefficient (Wildman–Crippen LogP) is 2.92. The van der Waals surface area contributed by atoms with Crippen molar-refractivity contribution in [1.82, 2.24) is 19.8 Å². The van der Waals surface area contributed by atoms with Gasteiger partial charge in [0, 0.05) is 37.8 Å². The van der Waals surface area contributed by atoms with Gasteiger partial charge in [-0.3, -0.25) is 9.36 Å². The second-order valence-electron chi connectivity index (χ2n) is 8.61. The number of hydrogen-bond donors (Lipinski definition) is 2. The number of fused-ring (bicyclic) bond motifs is 2. The maximum absolute atomic E-state index is 13.3. The van der Waals surface area contributed by atoms with Gasteiger partial charge in [0.1, 0.15) is 0 Å². The molecule has 1 aliphatic heterocycles. The highest BCUT2D eigenvalue weighted by Crippen LogP contribution is 2.44. The summed E-state index contributed by atoms with van der Waals surface area (Å²) >= 11 is 0. The van der Waals surface area contributed by atoms with Gasteiger partial charge in [0.05, 0.1) is 11.0 Å². The molecule has 2 heterocycles. The highest BCUT2D eigenvalue weighted by atomic mass is 19.2. The molecule has 6 nitrogen and oxygen atoms in total. The molecule has 2 fully saturated rings. The summed E-state index contributed by atoms with van der Waals surface area (Å²) in [7, 11) is 0. The Bertz CT molecular complexity index is 1170. The third-order valence-corrected chi connectivity index (χ3v) is 6.69. The molecule has 0 radical (unpaired) electrons. The van der Waals surface area contributed by atoms with Crippen molar-refractivity contribution >= 4 is 16.9 Å². The van der Waals surface area contributed by atoms with Gasteiger partial charge in [-0.1, -0.05) is 12.1 Å². The third-order valence-electron chi connectivity index (χ3n) is 6.69. The molecule has 2 unspecified atom stereocenters. The van der Waals surface area contributed by atoms with E-state index in [2.05, 4.69) is 15.2 Å². The fraction of sp³-hybridized carbons (Fsp3) is 0.391. The minimum atomic E-state index is -1.02. The van der Waals surface area contributed by atoms with E-state index < -0.39 is 17.5 Å². The summed E-state index contributed by atoms with van der Waals surface area (Å²) in [5.41, 5.74) is 1.92.